The fraction of sp³-hybridized carbons (Fsp3) is 0.600. The quantitative estimate of drug-likeness (QED) is 0.755. The summed E-state index contributed by atoms with van der Waals surface area (Å²) in [6, 6.07) is 4.95. The second-order valence-electron chi connectivity index (χ2n) is 7.79. The van der Waals surface area contributed by atoms with E-state index in [9.17, 15) is 18.0 Å². The lowest BCUT2D eigenvalue weighted by Crippen LogP contribution is -2.33. The number of fused-ring (bicyclic) bond motifs is 1. The van der Waals surface area contributed by atoms with Crippen LogP contribution < -0.4 is 4.72 Å². The molecule has 148 valence electrons. The molecule has 0 bridgehead atoms. The normalized spacial score (nSPS) is 24.2. The van der Waals surface area contributed by atoms with Gasteiger partial charge in [-0.05, 0) is 50.3 Å². The summed E-state index contributed by atoms with van der Waals surface area (Å²) in [5, 5.41) is 0. The van der Waals surface area contributed by atoms with Crippen LogP contribution in [0.15, 0.2) is 23.1 Å². The summed E-state index contributed by atoms with van der Waals surface area (Å²) in [5.74, 6) is -0.584. The van der Waals surface area contributed by atoms with Crippen molar-refractivity contribution in [1.29, 1.82) is 0 Å². The van der Waals surface area contributed by atoms with E-state index in [1.807, 2.05) is 13.8 Å². The van der Waals surface area contributed by atoms with E-state index in [1.165, 1.54) is 4.90 Å². The van der Waals surface area contributed by atoms with Gasteiger partial charge in [0.05, 0.1) is 23.3 Å². The standard InChI is InChI=1S/C20H28N2O4S/c1-4-14(3)21-27(25,26)18-11-15(10-9-13(18)2)12-22-19(23)16-7-5-6-8-17(16)20(22)24/h9-11,14,16-17,21H,4-8,12H2,1-3H3/t14-,16-,17-/m0/s1. The highest BCUT2D eigenvalue weighted by Gasteiger charge is 2.47. The lowest BCUT2D eigenvalue weighted by atomic mass is 9.81. The number of benzene rings is 1. The van der Waals surface area contributed by atoms with Crippen LogP contribution in [0.1, 0.15) is 57.1 Å². The first-order valence-electron chi connectivity index (χ1n) is 9.71. The third-order valence-corrected chi connectivity index (χ3v) is 7.52. The lowest BCUT2D eigenvalue weighted by Gasteiger charge is -2.19. The van der Waals surface area contributed by atoms with Crippen molar-refractivity contribution in [2.24, 2.45) is 11.8 Å². The zero-order chi connectivity index (χ0) is 19.8. The number of hydrogen-bond donors (Lipinski definition) is 1. The van der Waals surface area contributed by atoms with Crippen molar-refractivity contribution in [3.63, 3.8) is 0 Å². The van der Waals surface area contributed by atoms with Crippen molar-refractivity contribution in [2.45, 2.75) is 70.4 Å². The first-order valence-corrected chi connectivity index (χ1v) is 11.2. The molecule has 2 fully saturated rings. The van der Waals surface area contributed by atoms with Gasteiger partial charge in [0, 0.05) is 6.04 Å². The number of nitrogens with one attached hydrogen (secondary N) is 1. The van der Waals surface area contributed by atoms with E-state index in [0.29, 0.717) is 17.5 Å². The molecule has 1 heterocycles. The Morgan fingerprint density at radius 3 is 2.30 bits per heavy atom. The van der Waals surface area contributed by atoms with E-state index in [4.69, 9.17) is 0 Å². The smallest absolute Gasteiger partial charge is 0.241 e. The van der Waals surface area contributed by atoms with Gasteiger partial charge in [-0.15, -0.1) is 0 Å². The van der Waals surface area contributed by atoms with E-state index < -0.39 is 10.0 Å². The number of nitrogens with zero attached hydrogens (tertiary/aromatic N) is 1. The lowest BCUT2D eigenvalue weighted by molar-refractivity contribution is -0.140. The Bertz CT molecular complexity index is 826. The van der Waals surface area contributed by atoms with Gasteiger partial charge in [0.15, 0.2) is 0 Å². The third-order valence-electron chi connectivity index (χ3n) is 5.78. The Balaban J connectivity index is 1.84. The number of aryl methyl sites for hydroxylation is 1. The van der Waals surface area contributed by atoms with E-state index in [0.717, 1.165) is 25.7 Å². The Hall–Kier alpha value is -1.73. The second kappa shape index (κ2) is 7.72. The highest BCUT2D eigenvalue weighted by Crippen LogP contribution is 2.38. The topological polar surface area (TPSA) is 83.6 Å². The molecule has 1 aliphatic carbocycles. The van der Waals surface area contributed by atoms with Gasteiger partial charge in [-0.2, -0.15) is 0 Å². The maximum absolute atomic E-state index is 12.7. The predicted octanol–water partition coefficient (Wildman–Crippen LogP) is 2.75. The van der Waals surface area contributed by atoms with Crippen molar-refractivity contribution in [3.8, 4) is 0 Å². The van der Waals surface area contributed by atoms with Gasteiger partial charge in [0.25, 0.3) is 0 Å². The molecule has 0 spiro atoms. The summed E-state index contributed by atoms with van der Waals surface area (Å²) in [5.41, 5.74) is 1.30. The van der Waals surface area contributed by atoms with Crippen LogP contribution in [0.4, 0.5) is 0 Å². The molecule has 0 aromatic heterocycles. The maximum atomic E-state index is 12.7. The van der Waals surface area contributed by atoms with Crippen molar-refractivity contribution < 1.29 is 18.0 Å². The molecule has 3 atom stereocenters. The molecule has 3 rings (SSSR count). The van der Waals surface area contributed by atoms with E-state index in [2.05, 4.69) is 4.72 Å². The monoisotopic (exact) mass is 392 g/mol. The fourth-order valence-electron chi connectivity index (χ4n) is 4.01. The molecule has 27 heavy (non-hydrogen) atoms. The number of carbonyl (C=O) groups is 2. The largest absolute Gasteiger partial charge is 0.278 e. The number of carbonyl (C=O) groups excluding carboxylic acids is 2. The molecule has 1 N–H and O–H groups in total. The van der Waals surface area contributed by atoms with Crippen molar-refractivity contribution in [1.82, 2.24) is 9.62 Å². The zero-order valence-electron chi connectivity index (χ0n) is 16.2. The SMILES string of the molecule is CC[C@H](C)NS(=O)(=O)c1cc(CN2C(=O)[C@H]3CCCC[C@@H]3C2=O)ccc1C. The van der Waals surface area contributed by atoms with Crippen LogP contribution in [0, 0.1) is 18.8 Å². The number of sulfonamides is 1. The molecule has 0 unspecified atom stereocenters. The van der Waals surface area contributed by atoms with E-state index >= 15 is 0 Å². The van der Waals surface area contributed by atoms with Crippen LogP contribution >= 0.6 is 0 Å². The molecule has 1 saturated heterocycles. The van der Waals surface area contributed by atoms with Gasteiger partial charge < -0.3 is 0 Å². The van der Waals surface area contributed by atoms with E-state index in [-0.39, 0.29) is 41.1 Å². The Labute approximate surface area is 161 Å². The van der Waals surface area contributed by atoms with Crippen LogP contribution in [-0.2, 0) is 26.2 Å². The van der Waals surface area contributed by atoms with Gasteiger partial charge in [-0.3, -0.25) is 14.5 Å². The molecular weight excluding hydrogens is 364 g/mol. The van der Waals surface area contributed by atoms with Crippen molar-refractivity contribution in [2.75, 3.05) is 0 Å². The number of amides is 2. The highest BCUT2D eigenvalue weighted by molar-refractivity contribution is 7.89. The third kappa shape index (κ3) is 3.94. The highest BCUT2D eigenvalue weighted by atomic mass is 32.2. The summed E-state index contributed by atoms with van der Waals surface area (Å²) in [7, 11) is -3.64. The zero-order valence-corrected chi connectivity index (χ0v) is 17.0. The van der Waals surface area contributed by atoms with Gasteiger partial charge in [0.2, 0.25) is 21.8 Å². The Kier molecular flexibility index (Phi) is 5.72. The molecule has 0 radical (unpaired) electrons. The molecule has 1 aromatic carbocycles. The maximum Gasteiger partial charge on any atom is 0.241 e. The van der Waals surface area contributed by atoms with Gasteiger partial charge >= 0.3 is 0 Å². The number of rotatable bonds is 6. The molecular formula is C20H28N2O4S. The Morgan fingerprint density at radius 1 is 1.15 bits per heavy atom. The van der Waals surface area contributed by atoms with Crippen molar-refractivity contribution >= 4 is 21.8 Å². The van der Waals surface area contributed by atoms with Gasteiger partial charge in [-0.1, -0.05) is 31.9 Å². The van der Waals surface area contributed by atoms with Crippen LogP contribution in [0.25, 0.3) is 0 Å². The summed E-state index contributed by atoms with van der Waals surface area (Å²) in [4.78, 5) is 26.9. The molecule has 2 aliphatic rings. The number of imide groups is 1. The van der Waals surface area contributed by atoms with Crippen LogP contribution in [0.3, 0.4) is 0 Å². The second-order valence-corrected chi connectivity index (χ2v) is 9.47. The number of likely N-dealkylation sites (tertiary alicyclic amines) is 1. The minimum Gasteiger partial charge on any atom is -0.278 e. The average molecular weight is 393 g/mol. The first kappa shape index (κ1) is 20.0. The molecule has 1 saturated carbocycles. The molecule has 1 aromatic rings. The average Bonchev–Trinajstić information content (AvgIpc) is 2.88. The summed E-state index contributed by atoms with van der Waals surface area (Å²) in [6.45, 7) is 5.62. The summed E-state index contributed by atoms with van der Waals surface area (Å²) in [6.07, 6.45) is 4.22. The first-order chi connectivity index (χ1) is 12.7. The predicted molar refractivity (Wildman–Crippen MR) is 102 cm³/mol. The van der Waals surface area contributed by atoms with E-state index in [1.54, 1.807) is 25.1 Å². The van der Waals surface area contributed by atoms with Gasteiger partial charge in [-0.25, -0.2) is 13.1 Å². The van der Waals surface area contributed by atoms with Gasteiger partial charge in [0.1, 0.15) is 0 Å². The van der Waals surface area contributed by atoms with Crippen molar-refractivity contribution in [3.05, 3.63) is 29.3 Å². The molecule has 7 heteroatoms. The van der Waals surface area contributed by atoms with Crippen LogP contribution in [-0.4, -0.2) is 31.2 Å². The Morgan fingerprint density at radius 2 is 1.74 bits per heavy atom. The minimum atomic E-state index is -3.64. The van der Waals surface area contributed by atoms with Crippen LogP contribution in [0.5, 0.6) is 0 Å². The molecule has 6 nitrogen and oxygen atoms in total. The van der Waals surface area contributed by atoms with Crippen LogP contribution in [0.2, 0.25) is 0 Å². The molecule has 2 amide bonds. The fourth-order valence-corrected chi connectivity index (χ4v) is 5.64. The summed E-state index contributed by atoms with van der Waals surface area (Å²) >= 11 is 0. The number of hydrogen-bond acceptors (Lipinski definition) is 4. The minimum absolute atomic E-state index is 0.104. The summed E-state index contributed by atoms with van der Waals surface area (Å²) < 4.78 is 28.0. The molecule has 1 aliphatic heterocycles.